The summed E-state index contributed by atoms with van der Waals surface area (Å²) in [7, 11) is 0. The molecule has 5 nitrogen and oxygen atoms in total. The van der Waals surface area contributed by atoms with Crippen molar-refractivity contribution >= 4 is 17.7 Å². The zero-order chi connectivity index (χ0) is 18.6. The Morgan fingerprint density at radius 3 is 2.93 bits per heavy atom. The number of carbonyl (C=O) groups is 1. The number of amides is 1. The summed E-state index contributed by atoms with van der Waals surface area (Å²) in [6.45, 7) is 1.16. The van der Waals surface area contributed by atoms with E-state index < -0.39 is 0 Å². The van der Waals surface area contributed by atoms with Crippen molar-refractivity contribution in [2.75, 3.05) is 18.8 Å². The number of rotatable bonds is 3. The van der Waals surface area contributed by atoms with E-state index in [0.29, 0.717) is 30.8 Å². The van der Waals surface area contributed by atoms with Gasteiger partial charge in [-0.25, -0.2) is 4.39 Å². The Hall–Kier alpha value is -2.67. The number of nitrogens with zero attached hydrogens (tertiary/aromatic N) is 3. The second-order valence-electron chi connectivity index (χ2n) is 6.28. The molecule has 0 unspecified atom stereocenters. The summed E-state index contributed by atoms with van der Waals surface area (Å²) in [5.74, 6) is 0.911. The van der Waals surface area contributed by atoms with Crippen molar-refractivity contribution in [3.8, 4) is 11.3 Å². The Balaban J connectivity index is 1.46. The first kappa shape index (κ1) is 17.7. The van der Waals surface area contributed by atoms with E-state index in [1.807, 2.05) is 18.2 Å². The van der Waals surface area contributed by atoms with Crippen molar-refractivity contribution in [3.05, 3.63) is 71.9 Å². The predicted molar refractivity (Wildman–Crippen MR) is 102 cm³/mol. The van der Waals surface area contributed by atoms with Crippen molar-refractivity contribution < 1.29 is 13.7 Å². The summed E-state index contributed by atoms with van der Waals surface area (Å²) in [6.07, 6.45) is 4.04. The van der Waals surface area contributed by atoms with Gasteiger partial charge in [0.25, 0.3) is 5.91 Å². The fraction of sp³-hybridized carbons (Fsp3) is 0.250. The van der Waals surface area contributed by atoms with E-state index in [1.54, 1.807) is 47.3 Å². The minimum Gasteiger partial charge on any atom is -0.355 e. The van der Waals surface area contributed by atoms with Gasteiger partial charge in [0.2, 0.25) is 0 Å². The number of halogens is 1. The summed E-state index contributed by atoms with van der Waals surface area (Å²) in [5.41, 5.74) is 1.76. The third-order valence-electron chi connectivity index (χ3n) is 4.56. The van der Waals surface area contributed by atoms with Gasteiger partial charge in [-0.05, 0) is 24.6 Å². The van der Waals surface area contributed by atoms with Crippen LogP contribution < -0.4 is 0 Å². The first-order valence-corrected chi connectivity index (χ1v) is 9.79. The maximum atomic E-state index is 14.1. The Morgan fingerprint density at radius 1 is 1.22 bits per heavy atom. The second kappa shape index (κ2) is 7.92. The Morgan fingerprint density at radius 2 is 2.11 bits per heavy atom. The lowest BCUT2D eigenvalue weighted by molar-refractivity contribution is 0.0756. The Bertz CT molecular complexity index is 932. The summed E-state index contributed by atoms with van der Waals surface area (Å²) in [5, 5.41) is 3.98. The second-order valence-corrected chi connectivity index (χ2v) is 7.59. The van der Waals surface area contributed by atoms with E-state index >= 15 is 0 Å². The van der Waals surface area contributed by atoms with E-state index in [4.69, 9.17) is 4.52 Å². The standard InChI is InChI=1S/C20H18FN3O2S/c21-16-6-2-1-5-15(16)19-7-9-24(10-11-27-19)20(25)17-12-18(26-23-17)14-4-3-8-22-13-14/h1-6,8,12-13,19H,7,9-11H2/t19-/m1/s1. The topological polar surface area (TPSA) is 59.2 Å². The molecule has 2 aromatic heterocycles. The highest BCUT2D eigenvalue weighted by Crippen LogP contribution is 2.35. The lowest BCUT2D eigenvalue weighted by Gasteiger charge is -2.19. The van der Waals surface area contributed by atoms with Crippen molar-refractivity contribution in [3.63, 3.8) is 0 Å². The predicted octanol–water partition coefficient (Wildman–Crippen LogP) is 4.20. The van der Waals surface area contributed by atoms with Gasteiger partial charge in [0.05, 0.1) is 0 Å². The molecule has 0 spiro atoms. The van der Waals surface area contributed by atoms with Crippen molar-refractivity contribution in [2.24, 2.45) is 0 Å². The lowest BCUT2D eigenvalue weighted by Crippen LogP contribution is -2.33. The van der Waals surface area contributed by atoms with Gasteiger partial charge in [0.1, 0.15) is 5.82 Å². The first-order valence-electron chi connectivity index (χ1n) is 8.75. The molecule has 0 bridgehead atoms. The highest BCUT2D eigenvalue weighted by molar-refractivity contribution is 7.99. The van der Waals surface area contributed by atoms with Crippen molar-refractivity contribution in [2.45, 2.75) is 11.7 Å². The zero-order valence-electron chi connectivity index (χ0n) is 14.5. The molecule has 1 aromatic carbocycles. The van der Waals surface area contributed by atoms with E-state index in [9.17, 15) is 9.18 Å². The average Bonchev–Trinajstić information content (AvgIpc) is 3.07. The molecule has 4 rings (SSSR count). The van der Waals surface area contributed by atoms with E-state index in [-0.39, 0.29) is 22.7 Å². The molecule has 3 heterocycles. The number of benzene rings is 1. The fourth-order valence-electron chi connectivity index (χ4n) is 3.14. The summed E-state index contributed by atoms with van der Waals surface area (Å²) in [4.78, 5) is 18.6. The van der Waals surface area contributed by atoms with Crippen LogP contribution in [0.2, 0.25) is 0 Å². The molecule has 0 saturated carbocycles. The highest BCUT2D eigenvalue weighted by Gasteiger charge is 2.26. The number of thioether (sulfide) groups is 1. The number of carbonyl (C=O) groups excluding carboxylic acids is 1. The van der Waals surface area contributed by atoms with Gasteiger partial charge in [-0.2, -0.15) is 11.8 Å². The lowest BCUT2D eigenvalue weighted by atomic mass is 10.1. The van der Waals surface area contributed by atoms with Crippen LogP contribution in [-0.4, -0.2) is 39.8 Å². The van der Waals surface area contributed by atoms with Crippen LogP contribution in [0, 0.1) is 5.82 Å². The molecule has 1 saturated heterocycles. The van der Waals surface area contributed by atoms with Gasteiger partial charge in [-0.3, -0.25) is 9.78 Å². The van der Waals surface area contributed by atoms with Gasteiger partial charge < -0.3 is 9.42 Å². The fourth-order valence-corrected chi connectivity index (χ4v) is 4.39. The number of hydrogen-bond acceptors (Lipinski definition) is 5. The first-order chi connectivity index (χ1) is 13.2. The monoisotopic (exact) mass is 383 g/mol. The van der Waals surface area contributed by atoms with Crippen LogP contribution in [0.15, 0.2) is 59.4 Å². The van der Waals surface area contributed by atoms with Crippen LogP contribution in [0.3, 0.4) is 0 Å². The molecule has 1 aliphatic heterocycles. The quantitative estimate of drug-likeness (QED) is 0.679. The van der Waals surface area contributed by atoms with Gasteiger partial charge in [0, 0.05) is 53.7 Å². The normalized spacial score (nSPS) is 17.5. The summed E-state index contributed by atoms with van der Waals surface area (Å²) < 4.78 is 19.4. The molecule has 1 amide bonds. The molecule has 1 aliphatic rings. The van der Waals surface area contributed by atoms with Crippen molar-refractivity contribution in [1.82, 2.24) is 15.0 Å². The van der Waals surface area contributed by atoms with Crippen LogP contribution in [0.25, 0.3) is 11.3 Å². The smallest absolute Gasteiger partial charge is 0.276 e. The molecule has 7 heteroatoms. The minimum atomic E-state index is -0.188. The molecular weight excluding hydrogens is 365 g/mol. The third-order valence-corrected chi connectivity index (χ3v) is 5.87. The molecule has 0 N–H and O–H groups in total. The molecule has 1 fully saturated rings. The van der Waals surface area contributed by atoms with Gasteiger partial charge in [-0.15, -0.1) is 0 Å². The van der Waals surface area contributed by atoms with Gasteiger partial charge in [0.15, 0.2) is 11.5 Å². The molecule has 27 heavy (non-hydrogen) atoms. The molecule has 1 atom stereocenters. The number of pyridine rings is 1. The molecular formula is C20H18FN3O2S. The van der Waals surface area contributed by atoms with Crippen LogP contribution >= 0.6 is 11.8 Å². The summed E-state index contributed by atoms with van der Waals surface area (Å²) >= 11 is 1.68. The Kier molecular flexibility index (Phi) is 5.20. The minimum absolute atomic E-state index is 0.0484. The number of hydrogen-bond donors (Lipinski definition) is 0. The molecule has 0 aliphatic carbocycles. The zero-order valence-corrected chi connectivity index (χ0v) is 15.4. The van der Waals surface area contributed by atoms with E-state index in [1.165, 1.54) is 6.07 Å². The van der Waals surface area contributed by atoms with Crippen molar-refractivity contribution in [1.29, 1.82) is 0 Å². The molecule has 138 valence electrons. The van der Waals surface area contributed by atoms with Crippen LogP contribution in [0.5, 0.6) is 0 Å². The maximum Gasteiger partial charge on any atom is 0.276 e. The maximum absolute atomic E-state index is 14.1. The molecule has 0 radical (unpaired) electrons. The van der Waals surface area contributed by atoms with E-state index in [0.717, 1.165) is 11.3 Å². The SMILES string of the molecule is O=C(c1cc(-c2cccnc2)on1)N1CCS[C@@H](c2ccccc2F)CC1. The van der Waals surface area contributed by atoms with E-state index in [2.05, 4.69) is 10.1 Å². The highest BCUT2D eigenvalue weighted by atomic mass is 32.2. The van der Waals surface area contributed by atoms with Crippen LogP contribution in [-0.2, 0) is 0 Å². The third kappa shape index (κ3) is 3.88. The number of aromatic nitrogens is 2. The molecule has 3 aromatic rings. The summed E-state index contributed by atoms with van der Waals surface area (Å²) in [6, 6.07) is 12.1. The Labute approximate surface area is 160 Å². The van der Waals surface area contributed by atoms with Crippen LogP contribution in [0.4, 0.5) is 4.39 Å². The van der Waals surface area contributed by atoms with Gasteiger partial charge >= 0.3 is 0 Å². The van der Waals surface area contributed by atoms with Gasteiger partial charge in [-0.1, -0.05) is 23.4 Å². The largest absolute Gasteiger partial charge is 0.355 e. The average molecular weight is 383 g/mol. The van der Waals surface area contributed by atoms with Crippen LogP contribution in [0.1, 0.15) is 27.7 Å².